The van der Waals surface area contributed by atoms with Gasteiger partial charge in [-0.05, 0) is 48.2 Å². The minimum Gasteiger partial charge on any atom is -0.484 e. The van der Waals surface area contributed by atoms with Gasteiger partial charge in [-0.25, -0.2) is 0 Å². The van der Waals surface area contributed by atoms with E-state index in [2.05, 4.69) is 6.07 Å². The lowest BCUT2D eigenvalue weighted by molar-refractivity contribution is -0.132. The highest BCUT2D eigenvalue weighted by molar-refractivity contribution is 7.10. The summed E-state index contributed by atoms with van der Waals surface area (Å²) >= 11 is 7.45. The van der Waals surface area contributed by atoms with Gasteiger partial charge in [0.05, 0.1) is 6.54 Å². The van der Waals surface area contributed by atoms with E-state index >= 15 is 0 Å². The van der Waals surface area contributed by atoms with Crippen molar-refractivity contribution in [2.75, 3.05) is 13.7 Å². The molecule has 3 nitrogen and oxygen atoms in total. The lowest BCUT2D eigenvalue weighted by Crippen LogP contribution is -2.30. The number of hydrogen-bond donors (Lipinski definition) is 0. The van der Waals surface area contributed by atoms with Crippen LogP contribution >= 0.6 is 22.9 Å². The third kappa shape index (κ3) is 3.99. The van der Waals surface area contributed by atoms with Gasteiger partial charge in [-0.1, -0.05) is 11.6 Å². The summed E-state index contributed by atoms with van der Waals surface area (Å²) in [6.45, 7) is 2.70. The van der Waals surface area contributed by atoms with Crippen LogP contribution < -0.4 is 4.74 Å². The van der Waals surface area contributed by atoms with Gasteiger partial charge >= 0.3 is 0 Å². The fourth-order valence-electron chi connectivity index (χ4n) is 1.66. The monoisotopic (exact) mass is 309 g/mol. The zero-order chi connectivity index (χ0) is 14.5. The largest absolute Gasteiger partial charge is 0.484 e. The Hall–Kier alpha value is -1.52. The van der Waals surface area contributed by atoms with E-state index in [0.29, 0.717) is 17.3 Å². The number of likely N-dealkylation sites (N-methyl/N-ethyl adjacent to an activating group) is 1. The Morgan fingerprint density at radius 2 is 2.00 bits per heavy atom. The molecule has 0 spiro atoms. The highest BCUT2D eigenvalue weighted by Crippen LogP contribution is 2.18. The van der Waals surface area contributed by atoms with Crippen LogP contribution in [0, 0.1) is 6.92 Å². The number of hydrogen-bond acceptors (Lipinski definition) is 3. The number of benzene rings is 1. The third-order valence-electron chi connectivity index (χ3n) is 2.95. The second-order valence-corrected chi connectivity index (χ2v) is 5.96. The van der Waals surface area contributed by atoms with Crippen LogP contribution in [0.5, 0.6) is 5.75 Å². The van der Waals surface area contributed by atoms with E-state index in [4.69, 9.17) is 16.3 Å². The first-order chi connectivity index (χ1) is 9.56. The van der Waals surface area contributed by atoms with Gasteiger partial charge in [0, 0.05) is 16.9 Å². The van der Waals surface area contributed by atoms with E-state index < -0.39 is 0 Å². The van der Waals surface area contributed by atoms with Gasteiger partial charge in [0.2, 0.25) is 0 Å². The van der Waals surface area contributed by atoms with Gasteiger partial charge in [0.25, 0.3) is 5.91 Å². The van der Waals surface area contributed by atoms with Crippen LogP contribution in [0.1, 0.15) is 10.4 Å². The van der Waals surface area contributed by atoms with Gasteiger partial charge in [-0.2, -0.15) is 0 Å². The SMILES string of the molecule is Cc1ccsc1CN(C)C(=O)COc1ccc(Cl)cc1. The first kappa shape index (κ1) is 14.9. The van der Waals surface area contributed by atoms with Crippen LogP contribution in [-0.4, -0.2) is 24.5 Å². The normalized spacial score (nSPS) is 10.3. The number of halogens is 1. The molecule has 0 atom stereocenters. The van der Waals surface area contributed by atoms with Crippen LogP contribution in [0.4, 0.5) is 0 Å². The molecule has 1 aromatic carbocycles. The van der Waals surface area contributed by atoms with E-state index in [9.17, 15) is 4.79 Å². The van der Waals surface area contributed by atoms with Gasteiger partial charge in [-0.15, -0.1) is 11.3 Å². The highest BCUT2D eigenvalue weighted by atomic mass is 35.5. The van der Waals surface area contributed by atoms with Gasteiger partial charge in [0.1, 0.15) is 5.75 Å². The smallest absolute Gasteiger partial charge is 0.260 e. The van der Waals surface area contributed by atoms with E-state index in [1.165, 1.54) is 10.4 Å². The Morgan fingerprint density at radius 3 is 2.60 bits per heavy atom. The van der Waals surface area contributed by atoms with Gasteiger partial charge in [-0.3, -0.25) is 4.79 Å². The van der Waals surface area contributed by atoms with Crippen molar-refractivity contribution in [2.24, 2.45) is 0 Å². The molecule has 0 aliphatic carbocycles. The van der Waals surface area contributed by atoms with Gasteiger partial charge < -0.3 is 9.64 Å². The van der Waals surface area contributed by atoms with Crippen LogP contribution in [-0.2, 0) is 11.3 Å². The second-order valence-electron chi connectivity index (χ2n) is 4.52. The van der Waals surface area contributed by atoms with Crippen LogP contribution in [0.2, 0.25) is 5.02 Å². The first-order valence-corrected chi connectivity index (χ1v) is 7.47. The summed E-state index contributed by atoms with van der Waals surface area (Å²) in [6, 6.07) is 9.03. The quantitative estimate of drug-likeness (QED) is 0.842. The maximum Gasteiger partial charge on any atom is 0.260 e. The summed E-state index contributed by atoms with van der Waals surface area (Å²) in [7, 11) is 1.78. The molecule has 0 radical (unpaired) electrons. The van der Waals surface area contributed by atoms with Crippen molar-refractivity contribution in [3.05, 3.63) is 51.2 Å². The van der Waals surface area contributed by atoms with Crippen LogP contribution in [0.25, 0.3) is 0 Å². The summed E-state index contributed by atoms with van der Waals surface area (Å²) in [4.78, 5) is 14.9. The molecule has 2 aromatic rings. The van der Waals surface area contributed by atoms with E-state index in [1.807, 2.05) is 12.3 Å². The minimum absolute atomic E-state index is 0.0303. The molecule has 1 amide bonds. The van der Waals surface area contributed by atoms with Crippen molar-refractivity contribution in [2.45, 2.75) is 13.5 Å². The summed E-state index contributed by atoms with van der Waals surface area (Å²) in [5.74, 6) is 0.594. The number of carbonyl (C=O) groups is 1. The van der Waals surface area contributed by atoms with Crippen molar-refractivity contribution < 1.29 is 9.53 Å². The number of nitrogens with zero attached hydrogens (tertiary/aromatic N) is 1. The Balaban J connectivity index is 1.85. The summed E-state index contributed by atoms with van der Waals surface area (Å²) in [5.41, 5.74) is 1.22. The van der Waals surface area contributed by atoms with Crippen molar-refractivity contribution in [3.8, 4) is 5.75 Å². The molecular formula is C15H16ClNO2S. The van der Waals surface area contributed by atoms with Crippen molar-refractivity contribution in [3.63, 3.8) is 0 Å². The van der Waals surface area contributed by atoms with E-state index in [1.54, 1.807) is 47.5 Å². The molecular weight excluding hydrogens is 294 g/mol. The summed E-state index contributed by atoms with van der Waals surface area (Å²) in [6.07, 6.45) is 0. The Bertz CT molecular complexity index is 580. The maximum absolute atomic E-state index is 12.0. The molecule has 0 aliphatic heterocycles. The molecule has 0 fully saturated rings. The fraction of sp³-hybridized carbons (Fsp3) is 0.267. The molecule has 5 heteroatoms. The number of carbonyl (C=O) groups excluding carboxylic acids is 1. The molecule has 0 bridgehead atoms. The number of amides is 1. The Kier molecular flexibility index (Phi) is 5.04. The topological polar surface area (TPSA) is 29.5 Å². The molecule has 0 unspecified atom stereocenters. The van der Waals surface area contributed by atoms with Gasteiger partial charge in [0.15, 0.2) is 6.61 Å². The number of thiophene rings is 1. The predicted molar refractivity (Wildman–Crippen MR) is 82.5 cm³/mol. The lowest BCUT2D eigenvalue weighted by Gasteiger charge is -2.17. The van der Waals surface area contributed by atoms with E-state index in [0.717, 1.165) is 0 Å². The third-order valence-corrected chi connectivity index (χ3v) is 4.21. The molecule has 0 aliphatic rings. The molecule has 0 saturated carbocycles. The Labute approximate surface area is 127 Å². The molecule has 106 valence electrons. The maximum atomic E-state index is 12.0. The molecule has 0 saturated heterocycles. The summed E-state index contributed by atoms with van der Waals surface area (Å²) in [5, 5.41) is 2.68. The second kappa shape index (κ2) is 6.77. The van der Waals surface area contributed by atoms with Crippen LogP contribution in [0.3, 0.4) is 0 Å². The zero-order valence-electron chi connectivity index (χ0n) is 11.4. The van der Waals surface area contributed by atoms with E-state index in [-0.39, 0.29) is 12.5 Å². The highest BCUT2D eigenvalue weighted by Gasteiger charge is 2.12. The average molecular weight is 310 g/mol. The molecule has 0 N–H and O–H groups in total. The van der Waals surface area contributed by atoms with Crippen LogP contribution in [0.15, 0.2) is 35.7 Å². The lowest BCUT2D eigenvalue weighted by atomic mass is 10.3. The summed E-state index contributed by atoms with van der Waals surface area (Å²) < 4.78 is 5.45. The molecule has 1 heterocycles. The average Bonchev–Trinajstić information content (AvgIpc) is 2.83. The van der Waals surface area contributed by atoms with Crippen molar-refractivity contribution >= 4 is 28.8 Å². The standard InChI is InChI=1S/C15H16ClNO2S/c1-11-7-8-20-14(11)9-17(2)15(18)10-19-13-5-3-12(16)4-6-13/h3-8H,9-10H2,1-2H3. The number of rotatable bonds is 5. The first-order valence-electron chi connectivity index (χ1n) is 6.21. The minimum atomic E-state index is -0.0484. The fourth-order valence-corrected chi connectivity index (χ4v) is 2.74. The molecule has 2 rings (SSSR count). The number of ether oxygens (including phenoxy) is 1. The Morgan fingerprint density at radius 1 is 1.30 bits per heavy atom. The number of aryl methyl sites for hydroxylation is 1. The predicted octanol–water partition coefficient (Wildman–Crippen LogP) is 3.75. The van der Waals surface area contributed by atoms with Crippen molar-refractivity contribution in [1.82, 2.24) is 4.90 Å². The zero-order valence-corrected chi connectivity index (χ0v) is 13.0. The molecule has 1 aromatic heterocycles. The van der Waals surface area contributed by atoms with Crippen molar-refractivity contribution in [1.29, 1.82) is 0 Å². The molecule has 20 heavy (non-hydrogen) atoms.